The normalized spacial score (nSPS) is 28.2. The van der Waals surface area contributed by atoms with Crippen molar-refractivity contribution in [1.82, 2.24) is 4.90 Å². The SMILES string of the molecule is C=C.CC[C@@H]1CC(SOC)CN1C. The Hall–Kier alpha value is 0.01000. The van der Waals surface area contributed by atoms with Crippen LogP contribution in [0.15, 0.2) is 13.2 Å². The van der Waals surface area contributed by atoms with Gasteiger partial charge < -0.3 is 9.08 Å². The van der Waals surface area contributed by atoms with Gasteiger partial charge in [0.25, 0.3) is 0 Å². The molecule has 1 rings (SSSR count). The summed E-state index contributed by atoms with van der Waals surface area (Å²) in [6.07, 6.45) is 2.54. The quantitative estimate of drug-likeness (QED) is 0.517. The van der Waals surface area contributed by atoms with E-state index in [-0.39, 0.29) is 0 Å². The highest BCUT2D eigenvalue weighted by atomic mass is 32.2. The van der Waals surface area contributed by atoms with Gasteiger partial charge >= 0.3 is 0 Å². The van der Waals surface area contributed by atoms with Gasteiger partial charge in [-0.1, -0.05) is 6.92 Å². The maximum atomic E-state index is 5.06. The molecule has 0 radical (unpaired) electrons. The van der Waals surface area contributed by atoms with E-state index in [4.69, 9.17) is 4.18 Å². The number of rotatable bonds is 3. The van der Waals surface area contributed by atoms with Crippen LogP contribution in [0.2, 0.25) is 0 Å². The third kappa shape index (κ3) is 4.16. The molecule has 0 spiro atoms. The van der Waals surface area contributed by atoms with Gasteiger partial charge in [-0.05, 0) is 31.9 Å². The zero-order valence-electron chi connectivity index (χ0n) is 8.95. The first-order valence-electron chi connectivity index (χ1n) is 4.67. The summed E-state index contributed by atoms with van der Waals surface area (Å²) < 4.78 is 5.06. The van der Waals surface area contributed by atoms with E-state index < -0.39 is 0 Å². The van der Waals surface area contributed by atoms with Crippen LogP contribution in [0.5, 0.6) is 0 Å². The molecule has 13 heavy (non-hydrogen) atoms. The minimum atomic E-state index is 0.690. The Morgan fingerprint density at radius 3 is 2.54 bits per heavy atom. The van der Waals surface area contributed by atoms with Crippen molar-refractivity contribution in [3.8, 4) is 0 Å². The minimum Gasteiger partial charge on any atom is -0.318 e. The fraction of sp³-hybridized carbons (Fsp3) is 0.800. The van der Waals surface area contributed by atoms with Gasteiger partial charge in [0.1, 0.15) is 0 Å². The summed E-state index contributed by atoms with van der Waals surface area (Å²) in [6, 6.07) is 0.780. The topological polar surface area (TPSA) is 12.5 Å². The van der Waals surface area contributed by atoms with Gasteiger partial charge in [-0.25, -0.2) is 0 Å². The Bertz CT molecular complexity index is 132. The molecule has 1 heterocycles. The second-order valence-electron chi connectivity index (χ2n) is 3.12. The van der Waals surface area contributed by atoms with E-state index >= 15 is 0 Å². The predicted octanol–water partition coefficient (Wildman–Crippen LogP) is 2.57. The largest absolute Gasteiger partial charge is 0.318 e. The number of nitrogens with zero attached hydrogens (tertiary/aromatic N) is 1. The molecular formula is C10H21NOS. The summed E-state index contributed by atoms with van der Waals surface area (Å²) in [5, 5.41) is 0.690. The third-order valence-electron chi connectivity index (χ3n) is 2.35. The first-order chi connectivity index (χ1) is 6.27. The summed E-state index contributed by atoms with van der Waals surface area (Å²) in [5.41, 5.74) is 0. The van der Waals surface area contributed by atoms with Gasteiger partial charge in [0.05, 0.1) is 7.11 Å². The second kappa shape index (κ2) is 7.42. The second-order valence-corrected chi connectivity index (χ2v) is 4.31. The van der Waals surface area contributed by atoms with E-state index in [1.165, 1.54) is 19.4 Å². The fourth-order valence-corrected chi connectivity index (χ4v) is 2.58. The van der Waals surface area contributed by atoms with E-state index in [0.29, 0.717) is 5.25 Å². The minimum absolute atomic E-state index is 0.690. The summed E-state index contributed by atoms with van der Waals surface area (Å²) in [4.78, 5) is 2.43. The molecule has 1 saturated heterocycles. The van der Waals surface area contributed by atoms with Gasteiger partial charge in [0, 0.05) is 17.8 Å². The van der Waals surface area contributed by atoms with Crippen molar-refractivity contribution in [3.05, 3.63) is 13.2 Å². The fourth-order valence-electron chi connectivity index (χ4n) is 1.71. The summed E-state index contributed by atoms with van der Waals surface area (Å²) >= 11 is 1.62. The van der Waals surface area contributed by atoms with Crippen LogP contribution in [0.3, 0.4) is 0 Å². The molecule has 78 valence electrons. The summed E-state index contributed by atoms with van der Waals surface area (Å²) in [5.74, 6) is 0. The molecule has 1 aliphatic rings. The first kappa shape index (κ1) is 13.0. The molecule has 2 atom stereocenters. The average Bonchev–Trinajstić information content (AvgIpc) is 2.50. The van der Waals surface area contributed by atoms with Gasteiger partial charge in [-0.2, -0.15) is 0 Å². The lowest BCUT2D eigenvalue weighted by Gasteiger charge is -2.15. The molecule has 1 unspecified atom stereocenters. The maximum absolute atomic E-state index is 5.06. The Kier molecular flexibility index (Phi) is 7.42. The van der Waals surface area contributed by atoms with Gasteiger partial charge in [-0.15, -0.1) is 13.2 Å². The highest BCUT2D eigenvalue weighted by molar-refractivity contribution is 7.95. The lowest BCUT2D eigenvalue weighted by Crippen LogP contribution is -2.23. The van der Waals surface area contributed by atoms with E-state index in [1.54, 1.807) is 19.2 Å². The zero-order chi connectivity index (χ0) is 10.3. The molecule has 0 aromatic carbocycles. The van der Waals surface area contributed by atoms with Crippen LogP contribution in [-0.2, 0) is 4.18 Å². The van der Waals surface area contributed by atoms with Crippen LogP contribution in [-0.4, -0.2) is 36.9 Å². The molecule has 3 heteroatoms. The Labute approximate surface area is 86.5 Å². The monoisotopic (exact) mass is 203 g/mol. The van der Waals surface area contributed by atoms with Crippen molar-refractivity contribution in [2.24, 2.45) is 0 Å². The molecule has 0 aromatic rings. The molecule has 0 N–H and O–H groups in total. The highest BCUT2D eigenvalue weighted by Gasteiger charge is 2.28. The van der Waals surface area contributed by atoms with Crippen LogP contribution in [0.25, 0.3) is 0 Å². The first-order valence-corrected chi connectivity index (χ1v) is 5.48. The average molecular weight is 203 g/mol. The van der Waals surface area contributed by atoms with E-state index in [0.717, 1.165) is 6.04 Å². The highest BCUT2D eigenvalue weighted by Crippen LogP contribution is 2.27. The van der Waals surface area contributed by atoms with Crippen LogP contribution in [0, 0.1) is 0 Å². The number of likely N-dealkylation sites (tertiary alicyclic amines) is 1. The molecule has 0 aliphatic carbocycles. The van der Waals surface area contributed by atoms with E-state index in [1.807, 2.05) is 0 Å². The van der Waals surface area contributed by atoms with Crippen LogP contribution in [0.4, 0.5) is 0 Å². The molecule has 1 aliphatic heterocycles. The standard InChI is InChI=1S/C8H17NOS.C2H4/c1-4-7-5-8(11-10-3)6-9(7)2;1-2/h7-8H,4-6H2,1-3H3;1-2H2/t7-,8?;/m1./s1. The lowest BCUT2D eigenvalue weighted by molar-refractivity contribution is 0.304. The van der Waals surface area contributed by atoms with Gasteiger partial charge in [0.2, 0.25) is 0 Å². The van der Waals surface area contributed by atoms with Crippen molar-refractivity contribution in [2.75, 3.05) is 20.7 Å². The Morgan fingerprint density at radius 1 is 1.54 bits per heavy atom. The van der Waals surface area contributed by atoms with Crippen molar-refractivity contribution >= 4 is 12.0 Å². The molecule has 0 aromatic heterocycles. The number of hydrogen-bond donors (Lipinski definition) is 0. The Morgan fingerprint density at radius 2 is 2.15 bits per heavy atom. The van der Waals surface area contributed by atoms with Crippen LogP contribution < -0.4 is 0 Å². The molecular weight excluding hydrogens is 182 g/mol. The van der Waals surface area contributed by atoms with Gasteiger partial charge in [-0.3, -0.25) is 0 Å². The lowest BCUT2D eigenvalue weighted by atomic mass is 10.2. The molecule has 0 saturated carbocycles. The summed E-state index contributed by atoms with van der Waals surface area (Å²) in [7, 11) is 3.95. The number of hydrogen-bond acceptors (Lipinski definition) is 3. The van der Waals surface area contributed by atoms with Crippen molar-refractivity contribution in [1.29, 1.82) is 0 Å². The van der Waals surface area contributed by atoms with Crippen molar-refractivity contribution < 1.29 is 4.18 Å². The van der Waals surface area contributed by atoms with Crippen LogP contribution >= 0.6 is 12.0 Å². The Balaban J connectivity index is 0.000000671. The van der Waals surface area contributed by atoms with E-state index in [2.05, 4.69) is 32.0 Å². The zero-order valence-corrected chi connectivity index (χ0v) is 9.77. The van der Waals surface area contributed by atoms with Crippen molar-refractivity contribution in [3.63, 3.8) is 0 Å². The molecule has 2 nitrogen and oxygen atoms in total. The van der Waals surface area contributed by atoms with Crippen LogP contribution in [0.1, 0.15) is 19.8 Å². The van der Waals surface area contributed by atoms with Crippen molar-refractivity contribution in [2.45, 2.75) is 31.1 Å². The predicted molar refractivity (Wildman–Crippen MR) is 61.0 cm³/mol. The van der Waals surface area contributed by atoms with E-state index in [9.17, 15) is 0 Å². The smallest absolute Gasteiger partial charge is 0.0503 e. The molecule has 0 bridgehead atoms. The summed E-state index contributed by atoms with van der Waals surface area (Å²) in [6.45, 7) is 9.43. The van der Waals surface area contributed by atoms with Gasteiger partial charge in [0.15, 0.2) is 0 Å². The molecule has 0 amide bonds. The third-order valence-corrected chi connectivity index (χ3v) is 3.16. The molecule has 1 fully saturated rings. The maximum Gasteiger partial charge on any atom is 0.0503 e.